The fourth-order valence-corrected chi connectivity index (χ4v) is 8.08. The molecule has 45 heavy (non-hydrogen) atoms. The molecule has 8 aromatic carbocycles. The summed E-state index contributed by atoms with van der Waals surface area (Å²) in [6, 6.07) is 51.3. The van der Waals surface area contributed by atoms with Crippen molar-refractivity contribution in [1.29, 1.82) is 0 Å². The predicted molar refractivity (Wildman–Crippen MR) is 188 cm³/mol. The molecule has 0 heterocycles. The van der Waals surface area contributed by atoms with Crippen LogP contribution in [0.3, 0.4) is 0 Å². The topological polar surface area (TPSA) is 40.5 Å². The molecule has 9 rings (SSSR count). The first-order valence-corrected chi connectivity index (χ1v) is 16.0. The maximum atomic E-state index is 13.6. The lowest BCUT2D eigenvalue weighted by Gasteiger charge is -2.46. The summed E-state index contributed by atoms with van der Waals surface area (Å²) in [5.74, 6) is 0. The molecular weight excluding hydrogens is 616 g/mol. The summed E-state index contributed by atoms with van der Waals surface area (Å²) in [5, 5.41) is 35.4. The number of benzene rings is 8. The van der Waals surface area contributed by atoms with Crippen LogP contribution in [-0.4, -0.2) is 10.2 Å². The second-order valence-electron chi connectivity index (χ2n) is 12.1. The van der Waals surface area contributed by atoms with Crippen LogP contribution in [0.5, 0.6) is 0 Å². The number of halogens is 1. The minimum absolute atomic E-state index is 0.649. The molecule has 0 saturated heterocycles. The summed E-state index contributed by atoms with van der Waals surface area (Å²) < 4.78 is 0.829. The van der Waals surface area contributed by atoms with Crippen LogP contribution in [0.2, 0.25) is 0 Å². The van der Waals surface area contributed by atoms with E-state index in [1.165, 1.54) is 0 Å². The Bertz CT molecular complexity index is 2500. The summed E-state index contributed by atoms with van der Waals surface area (Å²) in [6.07, 6.45) is 0. The van der Waals surface area contributed by atoms with Gasteiger partial charge in [0, 0.05) is 21.2 Å². The summed E-state index contributed by atoms with van der Waals surface area (Å²) in [5.41, 5.74) is 1.08. The third kappa shape index (κ3) is 3.63. The molecule has 0 spiro atoms. The second kappa shape index (κ2) is 9.60. The molecule has 0 bridgehead atoms. The van der Waals surface area contributed by atoms with Gasteiger partial charge in [-0.05, 0) is 84.0 Å². The third-order valence-corrected chi connectivity index (χ3v) is 10.2. The zero-order chi connectivity index (χ0) is 30.3. The molecule has 0 saturated carbocycles. The van der Waals surface area contributed by atoms with Crippen LogP contribution >= 0.6 is 15.9 Å². The Morgan fingerprint density at radius 3 is 1.31 bits per heavy atom. The van der Waals surface area contributed by atoms with Crippen molar-refractivity contribution in [3.05, 3.63) is 190 Å². The molecule has 2 atom stereocenters. The zero-order valence-corrected chi connectivity index (χ0v) is 25.8. The van der Waals surface area contributed by atoms with E-state index in [9.17, 15) is 10.2 Å². The Morgan fingerprint density at radius 2 is 0.800 bits per heavy atom. The first-order chi connectivity index (χ1) is 22.0. The maximum absolute atomic E-state index is 13.6. The average molecular weight is 644 g/mol. The maximum Gasteiger partial charge on any atom is 0.142 e. The molecule has 214 valence electrons. The van der Waals surface area contributed by atoms with Crippen molar-refractivity contribution >= 4 is 59.0 Å². The van der Waals surface area contributed by atoms with Crippen molar-refractivity contribution in [1.82, 2.24) is 0 Å². The number of fused-ring (bicyclic) bond motifs is 9. The second-order valence-corrected chi connectivity index (χ2v) is 13.0. The quantitative estimate of drug-likeness (QED) is 0.184. The zero-order valence-electron chi connectivity index (χ0n) is 24.2. The fraction of sp³-hybridized carbons (Fsp3) is 0.0476. The number of hydrogen-bond donors (Lipinski definition) is 2. The Hall–Kier alpha value is -4.80. The van der Waals surface area contributed by atoms with Gasteiger partial charge >= 0.3 is 0 Å². The van der Waals surface area contributed by atoms with Crippen LogP contribution in [0, 0.1) is 0 Å². The SMILES string of the molecule is OC1(c2ccc3ccccc3c2)c2ccc(Br)cc2C(O)(c2ccc3ccccc3c2)c2c1c1ccccc1c1ccccc21. The lowest BCUT2D eigenvalue weighted by Crippen LogP contribution is -2.44. The van der Waals surface area contributed by atoms with Crippen molar-refractivity contribution in [2.45, 2.75) is 11.2 Å². The fourth-order valence-electron chi connectivity index (χ4n) is 7.72. The molecule has 2 N–H and O–H groups in total. The largest absolute Gasteiger partial charge is 0.376 e. The number of aliphatic hydroxyl groups is 2. The Kier molecular flexibility index (Phi) is 5.67. The van der Waals surface area contributed by atoms with E-state index in [1.807, 2.05) is 78.9 Å². The summed E-state index contributed by atoms with van der Waals surface area (Å²) >= 11 is 3.72. The van der Waals surface area contributed by atoms with Crippen LogP contribution in [0.4, 0.5) is 0 Å². The van der Waals surface area contributed by atoms with Gasteiger partial charge in [-0.25, -0.2) is 0 Å². The third-order valence-electron chi connectivity index (χ3n) is 9.75. The first-order valence-electron chi connectivity index (χ1n) is 15.2. The molecule has 0 amide bonds. The summed E-state index contributed by atoms with van der Waals surface area (Å²) in [6.45, 7) is 0. The van der Waals surface area contributed by atoms with Crippen LogP contribution in [0.15, 0.2) is 156 Å². The van der Waals surface area contributed by atoms with Crippen molar-refractivity contribution in [3.63, 3.8) is 0 Å². The van der Waals surface area contributed by atoms with E-state index in [4.69, 9.17) is 0 Å². The van der Waals surface area contributed by atoms with Gasteiger partial charge in [0.1, 0.15) is 11.2 Å². The van der Waals surface area contributed by atoms with Crippen molar-refractivity contribution in [2.24, 2.45) is 0 Å². The van der Waals surface area contributed by atoms with Gasteiger partial charge in [-0.3, -0.25) is 0 Å². The molecule has 0 radical (unpaired) electrons. The predicted octanol–water partition coefficient (Wildman–Crippen LogP) is 9.94. The highest BCUT2D eigenvalue weighted by Crippen LogP contribution is 2.58. The van der Waals surface area contributed by atoms with Gasteiger partial charge in [0.25, 0.3) is 0 Å². The van der Waals surface area contributed by atoms with E-state index in [0.717, 1.165) is 58.7 Å². The molecule has 2 unspecified atom stereocenters. The van der Waals surface area contributed by atoms with Gasteiger partial charge in [0.2, 0.25) is 0 Å². The van der Waals surface area contributed by atoms with E-state index in [-0.39, 0.29) is 0 Å². The van der Waals surface area contributed by atoms with E-state index >= 15 is 0 Å². The number of rotatable bonds is 2. The Morgan fingerprint density at radius 1 is 0.378 bits per heavy atom. The van der Waals surface area contributed by atoms with Crippen LogP contribution in [0.1, 0.15) is 33.4 Å². The molecule has 1 aliphatic carbocycles. The average Bonchev–Trinajstić information content (AvgIpc) is 3.09. The summed E-state index contributed by atoms with van der Waals surface area (Å²) in [4.78, 5) is 0. The van der Waals surface area contributed by atoms with E-state index in [0.29, 0.717) is 22.3 Å². The first kappa shape index (κ1) is 26.6. The smallest absolute Gasteiger partial charge is 0.142 e. The molecular formula is C42H27BrO2. The normalized spacial score (nSPS) is 19.2. The van der Waals surface area contributed by atoms with Crippen molar-refractivity contribution in [3.8, 4) is 0 Å². The van der Waals surface area contributed by atoms with Gasteiger partial charge in [-0.2, -0.15) is 0 Å². The number of hydrogen-bond acceptors (Lipinski definition) is 2. The van der Waals surface area contributed by atoms with Gasteiger partial charge in [0.05, 0.1) is 0 Å². The lowest BCUT2D eigenvalue weighted by molar-refractivity contribution is 0.0774. The monoisotopic (exact) mass is 642 g/mol. The Balaban J connectivity index is 1.52. The molecule has 0 fully saturated rings. The van der Waals surface area contributed by atoms with E-state index in [2.05, 4.69) is 88.7 Å². The minimum Gasteiger partial charge on any atom is -0.376 e. The van der Waals surface area contributed by atoms with E-state index in [1.54, 1.807) is 0 Å². The van der Waals surface area contributed by atoms with Gasteiger partial charge in [0.15, 0.2) is 0 Å². The summed E-state index contributed by atoms with van der Waals surface area (Å²) in [7, 11) is 0. The molecule has 0 aliphatic heterocycles. The highest BCUT2D eigenvalue weighted by atomic mass is 79.9. The van der Waals surface area contributed by atoms with Crippen molar-refractivity contribution in [2.75, 3.05) is 0 Å². The highest BCUT2D eigenvalue weighted by Gasteiger charge is 2.53. The minimum atomic E-state index is -1.58. The molecule has 3 heteroatoms. The van der Waals surface area contributed by atoms with Gasteiger partial charge < -0.3 is 10.2 Å². The molecule has 1 aliphatic rings. The molecule has 8 aromatic rings. The van der Waals surface area contributed by atoms with Crippen LogP contribution in [0.25, 0.3) is 43.1 Å². The van der Waals surface area contributed by atoms with E-state index < -0.39 is 11.2 Å². The van der Waals surface area contributed by atoms with Crippen LogP contribution in [-0.2, 0) is 11.2 Å². The Labute approximate surface area is 269 Å². The van der Waals surface area contributed by atoms with Gasteiger partial charge in [-0.1, -0.05) is 143 Å². The van der Waals surface area contributed by atoms with Crippen LogP contribution < -0.4 is 0 Å². The van der Waals surface area contributed by atoms with Crippen molar-refractivity contribution < 1.29 is 10.2 Å². The molecule has 0 aromatic heterocycles. The molecule has 2 nitrogen and oxygen atoms in total. The van der Waals surface area contributed by atoms with Gasteiger partial charge in [-0.15, -0.1) is 0 Å². The lowest BCUT2D eigenvalue weighted by atomic mass is 9.61. The standard InChI is InChI=1S/C42H27BrO2/c43-32-21-22-37-38(25-32)42(45,31-20-18-27-10-2-4-12-29(27)24-31)40-36-16-8-6-14-34(36)33-13-5-7-15-35(33)39(40)41(37,44)30-19-17-26-9-1-3-11-28(26)23-30/h1-25,44-45H. The highest BCUT2D eigenvalue weighted by molar-refractivity contribution is 9.10.